The van der Waals surface area contributed by atoms with Crippen LogP contribution in [-0.2, 0) is 0 Å². The number of unbranched alkanes of at least 4 members (excludes halogenated alkanes) is 4. The Balaban J connectivity index is 3.02. The molecule has 0 atom stereocenters. The summed E-state index contributed by atoms with van der Waals surface area (Å²) in [6, 6.07) is 0. The molecule has 0 N–H and O–H groups in total. The molecule has 0 saturated heterocycles. The van der Waals surface area contributed by atoms with Gasteiger partial charge in [-0.3, -0.25) is 0 Å². The second-order valence-corrected chi connectivity index (χ2v) is 15.0. The van der Waals surface area contributed by atoms with Crippen LogP contribution in [0.1, 0.15) is 39.0 Å². The van der Waals surface area contributed by atoms with Gasteiger partial charge < -0.3 is 0 Å². The maximum atomic E-state index is 4.35. The summed E-state index contributed by atoms with van der Waals surface area (Å²) in [5, 5.41) is 0. The van der Waals surface area contributed by atoms with Crippen molar-refractivity contribution in [3.8, 4) is 0 Å². The molecule has 0 aromatic rings. The van der Waals surface area contributed by atoms with Crippen LogP contribution >= 0.6 is 41.6 Å². The minimum absolute atomic E-state index is 1.12. The Labute approximate surface area is 86.7 Å². The van der Waals surface area contributed by atoms with Gasteiger partial charge in [0.05, 0.1) is 0 Å². The van der Waals surface area contributed by atoms with Crippen LogP contribution in [0.5, 0.6) is 0 Å². The molecule has 70 valence electrons. The van der Waals surface area contributed by atoms with Crippen LogP contribution in [-0.4, -0.2) is 6.16 Å². The van der Waals surface area contributed by atoms with Crippen LogP contribution < -0.4 is 0 Å². The molecule has 0 bridgehead atoms. The summed E-state index contributed by atoms with van der Waals surface area (Å²) in [6.07, 6.45) is 7.72. The van der Waals surface area contributed by atoms with Gasteiger partial charge in [-0.05, 0) is 0 Å². The number of hydrogen-bond acceptors (Lipinski definition) is 3. The molecule has 0 aliphatic carbocycles. The molecule has 0 heterocycles. The van der Waals surface area contributed by atoms with Gasteiger partial charge in [0.2, 0.25) is 0 Å². The summed E-state index contributed by atoms with van der Waals surface area (Å²) in [7, 11) is 0. The molecule has 0 rings (SSSR count). The third-order valence-corrected chi connectivity index (χ3v) is 4.65. The van der Waals surface area contributed by atoms with Gasteiger partial charge in [-0.25, -0.2) is 0 Å². The van der Waals surface area contributed by atoms with Crippen molar-refractivity contribution >= 4 is 41.6 Å². The molecule has 0 aliphatic rings. The molecule has 4 heteroatoms. The quantitative estimate of drug-likeness (QED) is 0.339. The van der Waals surface area contributed by atoms with Crippen LogP contribution in [0.15, 0.2) is 0 Å². The average Bonchev–Trinajstić information content (AvgIpc) is 1.85. The number of hydrogen-bond donors (Lipinski definition) is 3. The van der Waals surface area contributed by atoms with E-state index < -0.39 is 4.87 Å². The summed E-state index contributed by atoms with van der Waals surface area (Å²) >= 11 is 13.0. The van der Waals surface area contributed by atoms with E-state index in [1.54, 1.807) is 0 Å². The van der Waals surface area contributed by atoms with Crippen molar-refractivity contribution in [3.63, 3.8) is 0 Å². The van der Waals surface area contributed by atoms with Gasteiger partial charge in [-0.1, -0.05) is 0 Å². The summed E-state index contributed by atoms with van der Waals surface area (Å²) in [5.41, 5.74) is 0. The normalized spacial score (nSPS) is 13.5. The van der Waals surface area contributed by atoms with E-state index in [1.807, 2.05) is 0 Å². The molecule has 0 spiro atoms. The van der Waals surface area contributed by atoms with E-state index in [0.717, 1.165) is 6.16 Å². The SMILES string of the molecule is CCCCCCC[PH](S)(S)S. The molecule has 0 fully saturated rings. The topological polar surface area (TPSA) is 0 Å². The van der Waals surface area contributed by atoms with Crippen molar-refractivity contribution in [3.05, 3.63) is 0 Å². The van der Waals surface area contributed by atoms with E-state index in [-0.39, 0.29) is 0 Å². The fraction of sp³-hybridized carbons (Fsp3) is 1.00. The fourth-order valence-electron chi connectivity index (χ4n) is 0.966. The van der Waals surface area contributed by atoms with Crippen molar-refractivity contribution in [1.29, 1.82) is 0 Å². The van der Waals surface area contributed by atoms with Gasteiger partial charge in [0.15, 0.2) is 0 Å². The summed E-state index contributed by atoms with van der Waals surface area (Å²) in [5.74, 6) is 0. The van der Waals surface area contributed by atoms with Crippen LogP contribution in [0.2, 0.25) is 0 Å². The number of rotatable bonds is 6. The Morgan fingerprint density at radius 3 is 1.91 bits per heavy atom. The van der Waals surface area contributed by atoms with E-state index in [1.165, 1.54) is 32.1 Å². The van der Waals surface area contributed by atoms with Gasteiger partial charge in [0.1, 0.15) is 0 Å². The molecule has 0 radical (unpaired) electrons. The second kappa shape index (κ2) is 6.94. The first-order chi connectivity index (χ1) is 5.06. The van der Waals surface area contributed by atoms with E-state index in [9.17, 15) is 0 Å². The zero-order chi connectivity index (χ0) is 8.74. The number of thiol groups is 3. The molecule has 0 nitrogen and oxygen atoms in total. The Kier molecular flexibility index (Phi) is 7.87. The van der Waals surface area contributed by atoms with E-state index in [4.69, 9.17) is 0 Å². The van der Waals surface area contributed by atoms with Crippen molar-refractivity contribution in [2.45, 2.75) is 39.0 Å². The third kappa shape index (κ3) is 11.5. The zero-order valence-electron chi connectivity index (χ0n) is 7.08. The molecular weight excluding hydrogens is 211 g/mol. The molecule has 0 aromatic heterocycles. The molecule has 0 aromatic carbocycles. The van der Waals surface area contributed by atoms with E-state index in [0.29, 0.717) is 0 Å². The molecule has 0 amide bonds. The summed E-state index contributed by atoms with van der Waals surface area (Å²) < 4.78 is 0. The zero-order valence-corrected chi connectivity index (χ0v) is 10.8. The first kappa shape index (κ1) is 12.5. The van der Waals surface area contributed by atoms with Gasteiger partial charge >= 0.3 is 86.8 Å². The van der Waals surface area contributed by atoms with Crippen LogP contribution in [0.4, 0.5) is 0 Å². The maximum absolute atomic E-state index is 4.35. The molecule has 0 saturated carbocycles. The monoisotopic (exact) mass is 230 g/mol. The standard InChI is InChI=1S/C7H19PS3/c1-2-3-4-5-6-7-8(9,10)11/h8-11H,2-7H2,1H3. The predicted molar refractivity (Wildman–Crippen MR) is 68.9 cm³/mol. The Morgan fingerprint density at radius 1 is 0.909 bits per heavy atom. The summed E-state index contributed by atoms with van der Waals surface area (Å²) in [4.78, 5) is -1.63. The van der Waals surface area contributed by atoms with Gasteiger partial charge in [0, 0.05) is 0 Å². The first-order valence-electron chi connectivity index (χ1n) is 4.23. The third-order valence-electron chi connectivity index (χ3n) is 1.62. The van der Waals surface area contributed by atoms with Gasteiger partial charge in [-0.15, -0.1) is 0 Å². The summed E-state index contributed by atoms with van der Waals surface area (Å²) in [6.45, 7) is 2.23. The first-order valence-corrected chi connectivity index (χ1v) is 10.3. The van der Waals surface area contributed by atoms with Crippen LogP contribution in [0.25, 0.3) is 0 Å². The van der Waals surface area contributed by atoms with E-state index >= 15 is 0 Å². The van der Waals surface area contributed by atoms with Crippen LogP contribution in [0.3, 0.4) is 0 Å². The Bertz CT molecular complexity index is 90.2. The molecule has 0 aliphatic heterocycles. The Morgan fingerprint density at radius 2 is 1.45 bits per heavy atom. The fourth-order valence-corrected chi connectivity index (χ4v) is 3.11. The molecule has 11 heavy (non-hydrogen) atoms. The minimum atomic E-state index is -1.63. The Hall–Kier alpha value is 1.48. The predicted octanol–water partition coefficient (Wildman–Crippen LogP) is 4.24. The van der Waals surface area contributed by atoms with E-state index in [2.05, 4.69) is 43.7 Å². The van der Waals surface area contributed by atoms with Crippen molar-refractivity contribution in [1.82, 2.24) is 0 Å². The average molecular weight is 230 g/mol. The van der Waals surface area contributed by atoms with Gasteiger partial charge in [-0.2, -0.15) is 0 Å². The van der Waals surface area contributed by atoms with Crippen molar-refractivity contribution < 1.29 is 0 Å². The van der Waals surface area contributed by atoms with Gasteiger partial charge in [0.25, 0.3) is 0 Å². The van der Waals surface area contributed by atoms with Crippen LogP contribution in [0, 0.1) is 0 Å². The van der Waals surface area contributed by atoms with Crippen molar-refractivity contribution in [2.24, 2.45) is 0 Å². The van der Waals surface area contributed by atoms with Crippen molar-refractivity contribution in [2.75, 3.05) is 6.16 Å². The molecular formula is C7H19PS3. The molecule has 0 unspecified atom stereocenters. The second-order valence-electron chi connectivity index (χ2n) is 2.94.